The van der Waals surface area contributed by atoms with Gasteiger partial charge in [0.1, 0.15) is 18.2 Å². The number of anilines is 1. The maximum absolute atomic E-state index is 13.2. The van der Waals surface area contributed by atoms with Crippen LogP contribution in [-0.4, -0.2) is 35.4 Å². The second-order valence-electron chi connectivity index (χ2n) is 8.59. The molecule has 174 valence electrons. The van der Waals surface area contributed by atoms with E-state index >= 15 is 0 Å². The molecule has 0 unspecified atom stereocenters. The number of fused-ring (bicyclic) bond motifs is 2. The molecule has 1 amide bonds. The molecule has 2 heterocycles. The molecule has 0 aliphatic carbocycles. The van der Waals surface area contributed by atoms with Crippen LogP contribution < -0.4 is 10.1 Å². The number of carbonyl (C=O) groups is 1. The monoisotopic (exact) mass is 525 g/mol. The highest BCUT2D eigenvalue weighted by Gasteiger charge is 2.68. The fraction of sp³-hybridized carbons (Fsp3) is 0.240. The van der Waals surface area contributed by atoms with Crippen molar-refractivity contribution in [1.82, 2.24) is 4.90 Å². The van der Waals surface area contributed by atoms with Crippen LogP contribution >= 0.6 is 15.9 Å². The molecule has 3 aromatic carbocycles. The Balaban J connectivity index is 1.46. The quantitative estimate of drug-likeness (QED) is 0.385. The second-order valence-corrected chi connectivity index (χ2v) is 9.44. The number of nitro groups is 1. The summed E-state index contributed by atoms with van der Waals surface area (Å²) < 4.78 is 19.6. The van der Waals surface area contributed by atoms with Gasteiger partial charge in [0.15, 0.2) is 5.54 Å². The number of likely N-dealkylation sites (N-methyl/N-ethyl adjacent to an activating group) is 1. The van der Waals surface area contributed by atoms with Gasteiger partial charge in [-0.15, -0.1) is 0 Å². The Morgan fingerprint density at radius 1 is 1.21 bits per heavy atom. The minimum absolute atomic E-state index is 0.252. The van der Waals surface area contributed by atoms with Gasteiger partial charge >= 0.3 is 0 Å². The summed E-state index contributed by atoms with van der Waals surface area (Å²) in [6.45, 7) is 0.595. The number of para-hydroxylation sites is 1. The summed E-state index contributed by atoms with van der Waals surface area (Å²) >= 11 is 3.52. The topological polar surface area (TPSA) is 84.7 Å². The lowest BCUT2D eigenvalue weighted by Crippen LogP contribution is -2.54. The van der Waals surface area contributed by atoms with Gasteiger partial charge in [-0.05, 0) is 64.4 Å². The first kappa shape index (κ1) is 22.5. The van der Waals surface area contributed by atoms with E-state index in [2.05, 4.69) is 21.2 Å². The van der Waals surface area contributed by atoms with Crippen molar-refractivity contribution >= 4 is 27.5 Å². The van der Waals surface area contributed by atoms with Gasteiger partial charge in [-0.2, -0.15) is 0 Å². The second kappa shape index (κ2) is 8.48. The van der Waals surface area contributed by atoms with Crippen molar-refractivity contribution < 1.29 is 18.8 Å². The summed E-state index contributed by atoms with van der Waals surface area (Å²) in [6.07, 6.45) is 0. The van der Waals surface area contributed by atoms with Crippen LogP contribution in [0.3, 0.4) is 0 Å². The number of nitrogens with one attached hydrogen (secondary N) is 1. The first-order valence-electron chi connectivity index (χ1n) is 10.7. The third kappa shape index (κ3) is 3.47. The molecule has 9 heteroatoms. The molecular weight excluding hydrogens is 505 g/mol. The summed E-state index contributed by atoms with van der Waals surface area (Å²) in [5.41, 5.74) is 1.41. The van der Waals surface area contributed by atoms with Crippen molar-refractivity contribution in [1.29, 1.82) is 0 Å². The Hall–Kier alpha value is -3.30. The van der Waals surface area contributed by atoms with Crippen molar-refractivity contribution in [2.45, 2.75) is 24.1 Å². The number of nitrogens with zero attached hydrogens (tertiary/aromatic N) is 2. The number of halogens is 2. The van der Waals surface area contributed by atoms with Gasteiger partial charge in [0.05, 0.1) is 10.4 Å². The number of carbonyl (C=O) groups excluding carboxylic acids is 1. The summed E-state index contributed by atoms with van der Waals surface area (Å²) in [4.78, 5) is 27.1. The van der Waals surface area contributed by atoms with E-state index in [-0.39, 0.29) is 23.3 Å². The van der Waals surface area contributed by atoms with Gasteiger partial charge in [0, 0.05) is 22.7 Å². The van der Waals surface area contributed by atoms with E-state index in [9.17, 15) is 19.3 Å². The highest BCUT2D eigenvalue weighted by atomic mass is 79.9. The van der Waals surface area contributed by atoms with Crippen molar-refractivity contribution in [3.05, 3.63) is 104 Å². The van der Waals surface area contributed by atoms with Crippen LogP contribution in [0, 0.1) is 15.9 Å². The van der Waals surface area contributed by atoms with Crippen molar-refractivity contribution in [2.24, 2.45) is 0 Å². The number of benzene rings is 3. The zero-order valence-electron chi connectivity index (χ0n) is 18.2. The molecule has 0 aromatic heterocycles. The van der Waals surface area contributed by atoms with E-state index in [0.717, 1.165) is 11.1 Å². The molecule has 34 heavy (non-hydrogen) atoms. The van der Waals surface area contributed by atoms with Crippen molar-refractivity contribution in [3.63, 3.8) is 0 Å². The fourth-order valence-corrected chi connectivity index (χ4v) is 5.70. The molecular formula is C25H21BrFN3O4. The molecule has 1 saturated heterocycles. The molecule has 7 nitrogen and oxygen atoms in total. The van der Waals surface area contributed by atoms with Crippen LogP contribution in [-0.2, 0) is 16.9 Å². The zero-order chi connectivity index (χ0) is 24.0. The molecule has 1 fully saturated rings. The molecule has 2 aliphatic heterocycles. The number of amides is 1. The third-order valence-electron chi connectivity index (χ3n) is 6.73. The van der Waals surface area contributed by atoms with E-state index < -0.39 is 17.5 Å². The highest BCUT2D eigenvalue weighted by Crippen LogP contribution is 2.52. The van der Waals surface area contributed by atoms with E-state index in [1.165, 1.54) is 12.1 Å². The van der Waals surface area contributed by atoms with E-state index in [1.807, 2.05) is 6.07 Å². The average Bonchev–Trinajstić information content (AvgIpc) is 3.29. The predicted molar refractivity (Wildman–Crippen MR) is 128 cm³/mol. The minimum Gasteiger partial charge on any atom is -0.488 e. The van der Waals surface area contributed by atoms with E-state index in [1.54, 1.807) is 60.5 Å². The molecule has 0 radical (unpaired) electrons. The number of hydrogen-bond acceptors (Lipinski definition) is 5. The maximum atomic E-state index is 13.2. The van der Waals surface area contributed by atoms with Crippen LogP contribution in [0.25, 0.3) is 0 Å². The summed E-state index contributed by atoms with van der Waals surface area (Å²) in [7, 11) is 1.76. The molecule has 0 saturated carbocycles. The van der Waals surface area contributed by atoms with Gasteiger partial charge in [-0.1, -0.05) is 36.4 Å². The first-order chi connectivity index (χ1) is 16.3. The molecule has 5 rings (SSSR count). The Bertz CT molecular complexity index is 1290. The molecule has 2 aliphatic rings. The highest BCUT2D eigenvalue weighted by molar-refractivity contribution is 9.10. The maximum Gasteiger partial charge on any atom is 0.256 e. The largest absolute Gasteiger partial charge is 0.488 e. The Labute approximate surface area is 203 Å². The molecule has 1 N–H and O–H groups in total. The van der Waals surface area contributed by atoms with Crippen LogP contribution in [0.15, 0.2) is 71.2 Å². The van der Waals surface area contributed by atoms with Crippen LogP contribution in [0.5, 0.6) is 5.75 Å². The first-order valence-corrected chi connectivity index (χ1v) is 11.5. The lowest BCUT2D eigenvalue weighted by molar-refractivity contribution is -0.534. The van der Waals surface area contributed by atoms with Gasteiger partial charge in [0.25, 0.3) is 11.9 Å². The molecule has 1 spiro atoms. The summed E-state index contributed by atoms with van der Waals surface area (Å²) in [6, 6.07) is 17.4. The number of hydrogen-bond donors (Lipinski definition) is 1. The van der Waals surface area contributed by atoms with Crippen molar-refractivity contribution in [3.8, 4) is 5.75 Å². The predicted octanol–water partition coefficient (Wildman–Crippen LogP) is 4.69. The van der Waals surface area contributed by atoms with Gasteiger partial charge in [-0.25, -0.2) is 4.39 Å². The SMILES string of the molecule is CN1C[C@H](c2ccc(OCc3ccc(F)cc3)c(Br)c2)[C@@H]([N+](=O)[O-])[C@]12C(=O)Nc1ccccc12. The van der Waals surface area contributed by atoms with Gasteiger partial charge < -0.3 is 10.1 Å². The third-order valence-corrected chi connectivity index (χ3v) is 7.35. The van der Waals surface area contributed by atoms with Crippen LogP contribution in [0.1, 0.15) is 22.6 Å². The number of likely N-dealkylation sites (tertiary alicyclic amines) is 1. The number of ether oxygens (including phenoxy) is 1. The fourth-order valence-electron chi connectivity index (χ4n) is 5.19. The normalized spacial score (nSPS) is 23.7. The summed E-state index contributed by atoms with van der Waals surface area (Å²) in [5, 5.41) is 15.3. The van der Waals surface area contributed by atoms with E-state index in [0.29, 0.717) is 28.0 Å². The Morgan fingerprint density at radius 3 is 2.65 bits per heavy atom. The van der Waals surface area contributed by atoms with Crippen LogP contribution in [0.2, 0.25) is 0 Å². The molecule has 3 atom stereocenters. The van der Waals surface area contributed by atoms with Gasteiger partial charge in [-0.3, -0.25) is 19.8 Å². The van der Waals surface area contributed by atoms with Gasteiger partial charge in [0.2, 0.25) is 0 Å². The lowest BCUT2D eigenvalue weighted by atomic mass is 9.79. The van der Waals surface area contributed by atoms with Crippen molar-refractivity contribution in [2.75, 3.05) is 18.9 Å². The molecule has 3 aromatic rings. The number of rotatable bonds is 5. The lowest BCUT2D eigenvalue weighted by Gasteiger charge is -2.30. The molecule has 0 bridgehead atoms. The Morgan fingerprint density at radius 2 is 1.94 bits per heavy atom. The average molecular weight is 526 g/mol. The smallest absolute Gasteiger partial charge is 0.256 e. The minimum atomic E-state index is -1.38. The zero-order valence-corrected chi connectivity index (χ0v) is 19.8. The Kier molecular flexibility index (Phi) is 5.61. The van der Waals surface area contributed by atoms with Crippen LogP contribution in [0.4, 0.5) is 10.1 Å². The summed E-state index contributed by atoms with van der Waals surface area (Å²) in [5.74, 6) is -0.638. The standard InChI is InChI=1S/C25H21BrFN3O4/c1-29-13-18(23(30(32)33)25(29)19-4-2-3-5-21(19)28-24(25)31)16-8-11-22(20(26)12-16)34-14-15-6-9-17(27)10-7-15/h2-12,18,23H,13-14H2,1H3,(H,28,31)/t18-,23-,25-/m1/s1. The van der Waals surface area contributed by atoms with E-state index in [4.69, 9.17) is 4.74 Å².